The van der Waals surface area contributed by atoms with Crippen molar-refractivity contribution in [2.24, 2.45) is 0 Å². The average Bonchev–Trinajstić information content (AvgIpc) is 3.19. The highest BCUT2D eigenvalue weighted by Gasteiger charge is 2.28. The van der Waals surface area contributed by atoms with Crippen LogP contribution < -0.4 is 15.2 Å². The molecule has 9 heteroatoms. The zero-order valence-corrected chi connectivity index (χ0v) is 16.6. The normalized spacial score (nSPS) is 14.9. The van der Waals surface area contributed by atoms with Crippen molar-refractivity contribution in [3.8, 4) is 0 Å². The molecule has 144 valence electrons. The summed E-state index contributed by atoms with van der Waals surface area (Å²) in [5, 5.41) is 3.39. The molecule has 7 nitrogen and oxygen atoms in total. The molecule has 1 amide bonds. The first-order chi connectivity index (χ1) is 12.9. The van der Waals surface area contributed by atoms with Crippen LogP contribution in [0.25, 0.3) is 0 Å². The van der Waals surface area contributed by atoms with E-state index >= 15 is 0 Å². The number of hydrogen-bond acceptors (Lipinski definition) is 4. The Hall–Kier alpha value is -2.16. The molecule has 0 spiro atoms. The van der Waals surface area contributed by atoms with E-state index in [1.165, 1.54) is 10.5 Å². The Morgan fingerprint density at radius 2 is 1.85 bits per heavy atom. The Morgan fingerprint density at radius 3 is 2.44 bits per heavy atom. The van der Waals surface area contributed by atoms with Crippen molar-refractivity contribution in [3.63, 3.8) is 0 Å². The van der Waals surface area contributed by atoms with E-state index in [2.05, 4.69) is 10.3 Å². The molecule has 0 unspecified atom stereocenters. The van der Waals surface area contributed by atoms with Gasteiger partial charge in [-0.1, -0.05) is 11.6 Å². The van der Waals surface area contributed by atoms with E-state index in [1.807, 2.05) is 0 Å². The lowest BCUT2D eigenvalue weighted by molar-refractivity contribution is -0.366. The maximum absolute atomic E-state index is 12.5. The summed E-state index contributed by atoms with van der Waals surface area (Å²) in [6.07, 6.45) is 3.26. The van der Waals surface area contributed by atoms with E-state index in [-0.39, 0.29) is 17.3 Å². The SMILES string of the molecule is CN(CC(=O)Nc1ccc(Cl)cc1)c1ccc(S(=O)(=O)N2CCCC2)c[nH+]1. The molecule has 2 N–H and O–H groups in total. The van der Waals surface area contributed by atoms with Crippen molar-refractivity contribution in [1.82, 2.24) is 4.31 Å². The number of sulfonamides is 1. The second-order valence-corrected chi connectivity index (χ2v) is 8.81. The highest BCUT2D eigenvalue weighted by atomic mass is 35.5. The first kappa shape index (κ1) is 19.6. The fourth-order valence-corrected chi connectivity index (χ4v) is 4.52. The molecule has 1 aromatic heterocycles. The van der Waals surface area contributed by atoms with Gasteiger partial charge >= 0.3 is 0 Å². The van der Waals surface area contributed by atoms with Crippen molar-refractivity contribution >= 4 is 39.0 Å². The molecular formula is C18H22ClN4O3S+. The standard InChI is InChI=1S/C18H21ClN4O3S/c1-22(13-18(24)21-15-6-4-14(19)5-7-15)17-9-8-16(12-20-17)27(25,26)23-10-2-3-11-23/h4-9,12H,2-3,10-11,13H2,1H3,(H,21,24)/p+1. The molecular weight excluding hydrogens is 388 g/mol. The van der Waals surface area contributed by atoms with Gasteiger partial charge in [0.15, 0.2) is 6.54 Å². The van der Waals surface area contributed by atoms with E-state index in [4.69, 9.17) is 11.6 Å². The molecule has 1 aromatic carbocycles. The molecule has 1 aliphatic heterocycles. The van der Waals surface area contributed by atoms with Gasteiger partial charge in [0.25, 0.3) is 11.7 Å². The van der Waals surface area contributed by atoms with E-state index in [0.717, 1.165) is 12.8 Å². The second kappa shape index (κ2) is 8.24. The molecule has 0 radical (unpaired) electrons. The van der Waals surface area contributed by atoms with Gasteiger partial charge in [-0.3, -0.25) is 9.69 Å². The monoisotopic (exact) mass is 409 g/mol. The van der Waals surface area contributed by atoms with Crippen molar-refractivity contribution in [2.45, 2.75) is 17.7 Å². The minimum atomic E-state index is -3.45. The van der Waals surface area contributed by atoms with Crippen LogP contribution in [-0.4, -0.2) is 45.3 Å². The summed E-state index contributed by atoms with van der Waals surface area (Å²) in [5.41, 5.74) is 0.661. The minimum Gasteiger partial charge on any atom is -0.323 e. The maximum atomic E-state index is 12.5. The number of pyridine rings is 1. The zero-order chi connectivity index (χ0) is 19.4. The summed E-state index contributed by atoms with van der Waals surface area (Å²) in [6, 6.07) is 10.1. The summed E-state index contributed by atoms with van der Waals surface area (Å²) in [6.45, 7) is 1.24. The van der Waals surface area contributed by atoms with E-state index in [9.17, 15) is 13.2 Å². The molecule has 1 saturated heterocycles. The minimum absolute atomic E-state index is 0.108. The van der Waals surface area contributed by atoms with Crippen LogP contribution >= 0.6 is 11.6 Å². The van der Waals surface area contributed by atoms with Gasteiger partial charge < -0.3 is 5.32 Å². The largest absolute Gasteiger partial charge is 0.323 e. The summed E-state index contributed by atoms with van der Waals surface area (Å²) >= 11 is 5.83. The number of aromatic nitrogens is 1. The maximum Gasteiger partial charge on any atom is 0.274 e. The van der Waals surface area contributed by atoms with Crippen LogP contribution in [0.5, 0.6) is 0 Å². The van der Waals surface area contributed by atoms with Gasteiger partial charge in [-0.2, -0.15) is 4.31 Å². The van der Waals surface area contributed by atoms with Gasteiger partial charge in [0.2, 0.25) is 10.0 Å². The number of amides is 1. The number of anilines is 2. The van der Waals surface area contributed by atoms with Crippen molar-refractivity contribution < 1.29 is 18.2 Å². The lowest BCUT2D eigenvalue weighted by atomic mass is 10.3. The molecule has 3 rings (SSSR count). The molecule has 27 heavy (non-hydrogen) atoms. The van der Waals surface area contributed by atoms with Crippen LogP contribution in [-0.2, 0) is 14.8 Å². The number of carbonyl (C=O) groups excluding carboxylic acids is 1. The molecule has 2 heterocycles. The summed E-state index contributed by atoms with van der Waals surface area (Å²) in [4.78, 5) is 17.1. The lowest BCUT2D eigenvalue weighted by Crippen LogP contribution is -2.34. The number of aromatic amines is 1. The Kier molecular flexibility index (Phi) is 5.98. The number of likely N-dealkylation sites (N-methyl/N-ethyl adjacent to an activating group) is 1. The molecule has 0 aliphatic carbocycles. The molecule has 0 saturated carbocycles. The van der Waals surface area contributed by atoms with Gasteiger partial charge in [-0.15, -0.1) is 0 Å². The second-order valence-electron chi connectivity index (χ2n) is 6.43. The van der Waals surface area contributed by atoms with E-state index in [1.54, 1.807) is 48.3 Å². The number of nitrogens with zero attached hydrogens (tertiary/aromatic N) is 2. The molecule has 0 atom stereocenters. The average molecular weight is 410 g/mol. The first-order valence-corrected chi connectivity index (χ1v) is 10.5. The summed E-state index contributed by atoms with van der Waals surface area (Å²) in [7, 11) is -1.70. The van der Waals surface area contributed by atoms with Crippen LogP contribution in [0.3, 0.4) is 0 Å². The molecule has 1 aliphatic rings. The lowest BCUT2D eigenvalue weighted by Gasteiger charge is -2.15. The topological polar surface area (TPSA) is 83.9 Å². The van der Waals surface area contributed by atoms with Gasteiger partial charge in [0.05, 0.1) is 7.05 Å². The highest BCUT2D eigenvalue weighted by Crippen LogP contribution is 2.20. The third-order valence-electron chi connectivity index (χ3n) is 4.39. The fourth-order valence-electron chi connectivity index (χ4n) is 2.91. The Bertz CT molecular complexity index is 895. The third kappa shape index (κ3) is 4.77. The predicted molar refractivity (Wildman–Crippen MR) is 104 cm³/mol. The van der Waals surface area contributed by atoms with Crippen LogP contribution in [0.15, 0.2) is 47.5 Å². The smallest absolute Gasteiger partial charge is 0.274 e. The summed E-state index contributed by atoms with van der Waals surface area (Å²) < 4.78 is 26.6. The van der Waals surface area contributed by atoms with Gasteiger partial charge in [0.1, 0.15) is 11.1 Å². The number of rotatable bonds is 6. The van der Waals surface area contributed by atoms with Crippen LogP contribution in [0.2, 0.25) is 5.02 Å². The quantitative estimate of drug-likeness (QED) is 0.791. The molecule has 1 fully saturated rings. The van der Waals surface area contributed by atoms with Gasteiger partial charge in [-0.05, 0) is 43.2 Å². The van der Waals surface area contributed by atoms with Crippen LogP contribution in [0.1, 0.15) is 12.8 Å². The predicted octanol–water partition coefficient (Wildman–Crippen LogP) is 2.01. The van der Waals surface area contributed by atoms with Crippen LogP contribution in [0.4, 0.5) is 11.5 Å². The number of benzene rings is 1. The van der Waals surface area contributed by atoms with Crippen molar-refractivity contribution in [1.29, 1.82) is 0 Å². The molecule has 2 aromatic rings. The van der Waals surface area contributed by atoms with Gasteiger partial charge in [0, 0.05) is 29.9 Å². The molecule has 0 bridgehead atoms. The third-order valence-corrected chi connectivity index (χ3v) is 6.54. The number of carbonyl (C=O) groups is 1. The van der Waals surface area contributed by atoms with Crippen molar-refractivity contribution in [2.75, 3.05) is 36.9 Å². The highest BCUT2D eigenvalue weighted by molar-refractivity contribution is 7.89. The fraction of sp³-hybridized carbons (Fsp3) is 0.333. The number of H-pyrrole nitrogens is 1. The number of halogens is 1. The first-order valence-electron chi connectivity index (χ1n) is 8.65. The van der Waals surface area contributed by atoms with E-state index in [0.29, 0.717) is 29.6 Å². The van der Waals surface area contributed by atoms with Crippen molar-refractivity contribution in [3.05, 3.63) is 47.6 Å². The van der Waals surface area contributed by atoms with Gasteiger partial charge in [-0.25, -0.2) is 13.4 Å². The Balaban J connectivity index is 1.62. The zero-order valence-electron chi connectivity index (χ0n) is 15.0. The Labute approximate surface area is 164 Å². The summed E-state index contributed by atoms with van der Waals surface area (Å²) in [5.74, 6) is 0.448. The number of nitrogens with one attached hydrogen (secondary N) is 2. The Morgan fingerprint density at radius 1 is 1.19 bits per heavy atom. The van der Waals surface area contributed by atoms with E-state index < -0.39 is 10.0 Å². The van der Waals surface area contributed by atoms with Crippen LogP contribution in [0, 0.1) is 0 Å². The number of hydrogen-bond donors (Lipinski definition) is 1.